The van der Waals surface area contributed by atoms with Crippen molar-refractivity contribution in [3.8, 4) is 0 Å². The van der Waals surface area contributed by atoms with Crippen LogP contribution in [0.1, 0.15) is 58.1 Å². The first-order valence-corrected chi connectivity index (χ1v) is 7.39. The van der Waals surface area contributed by atoms with Gasteiger partial charge < -0.3 is 10.1 Å². The zero-order chi connectivity index (χ0) is 16.2. The predicted molar refractivity (Wildman–Crippen MR) is 83.0 cm³/mol. The fourth-order valence-corrected chi connectivity index (χ4v) is 2.36. The van der Waals surface area contributed by atoms with Gasteiger partial charge in [-0.05, 0) is 57.4 Å². The lowest BCUT2D eigenvalue weighted by Gasteiger charge is -2.27. The smallest absolute Gasteiger partial charge is 0.407 e. The summed E-state index contributed by atoms with van der Waals surface area (Å²) in [6.45, 7) is 11.4. The maximum atomic E-state index is 13.4. The number of amides is 1. The van der Waals surface area contributed by atoms with Crippen LogP contribution in [0.25, 0.3) is 0 Å². The van der Waals surface area contributed by atoms with Crippen molar-refractivity contribution in [2.24, 2.45) is 0 Å². The Hall–Kier alpha value is -1.58. The summed E-state index contributed by atoms with van der Waals surface area (Å²) in [5.41, 5.74) is 1.41. The van der Waals surface area contributed by atoms with Crippen LogP contribution in [0.5, 0.6) is 0 Å². The van der Waals surface area contributed by atoms with Crippen molar-refractivity contribution in [1.29, 1.82) is 0 Å². The van der Waals surface area contributed by atoms with E-state index in [1.807, 2.05) is 41.5 Å². The standard InChI is InChI=1S/C17H26FNO2/c1-7-15(19-16(20)21-17(4,5)6)12(3)14-10-13(18)9-8-11(14)2/h8-10,12,15H,7H2,1-6H3,(H,19,20). The van der Waals surface area contributed by atoms with Gasteiger partial charge in [0, 0.05) is 12.0 Å². The van der Waals surface area contributed by atoms with Crippen molar-refractivity contribution in [3.63, 3.8) is 0 Å². The Morgan fingerprint density at radius 2 is 2.00 bits per heavy atom. The molecule has 1 amide bonds. The zero-order valence-electron chi connectivity index (χ0n) is 13.8. The maximum absolute atomic E-state index is 13.4. The van der Waals surface area contributed by atoms with Crippen molar-refractivity contribution in [3.05, 3.63) is 35.1 Å². The van der Waals surface area contributed by atoms with Gasteiger partial charge in [0.15, 0.2) is 0 Å². The Balaban J connectivity index is 2.84. The lowest BCUT2D eigenvalue weighted by atomic mass is 9.89. The number of benzene rings is 1. The molecule has 0 aliphatic rings. The lowest BCUT2D eigenvalue weighted by Crippen LogP contribution is -2.41. The van der Waals surface area contributed by atoms with Gasteiger partial charge in [0.1, 0.15) is 11.4 Å². The van der Waals surface area contributed by atoms with Crippen LogP contribution < -0.4 is 5.32 Å². The summed E-state index contributed by atoms with van der Waals surface area (Å²) in [6, 6.07) is 4.66. The minimum atomic E-state index is -0.527. The Kier molecular flexibility index (Phi) is 5.76. The van der Waals surface area contributed by atoms with Gasteiger partial charge >= 0.3 is 6.09 Å². The molecule has 0 saturated carbocycles. The zero-order valence-corrected chi connectivity index (χ0v) is 13.8. The predicted octanol–water partition coefficient (Wildman–Crippen LogP) is 4.54. The molecule has 21 heavy (non-hydrogen) atoms. The number of rotatable bonds is 4. The second-order valence-electron chi connectivity index (χ2n) is 6.45. The molecule has 0 heterocycles. The van der Waals surface area contributed by atoms with Gasteiger partial charge in [-0.1, -0.05) is 19.9 Å². The molecule has 1 rings (SSSR count). The van der Waals surface area contributed by atoms with E-state index in [0.717, 1.165) is 17.5 Å². The van der Waals surface area contributed by atoms with Crippen LogP contribution in [-0.2, 0) is 4.74 Å². The van der Waals surface area contributed by atoms with E-state index in [2.05, 4.69) is 5.32 Å². The molecule has 0 aromatic heterocycles. The molecule has 3 nitrogen and oxygen atoms in total. The van der Waals surface area contributed by atoms with E-state index in [-0.39, 0.29) is 17.8 Å². The molecule has 0 saturated heterocycles. The number of aryl methyl sites for hydroxylation is 1. The summed E-state index contributed by atoms with van der Waals surface area (Å²) < 4.78 is 18.7. The molecule has 0 radical (unpaired) electrons. The SMILES string of the molecule is CCC(NC(=O)OC(C)(C)C)C(C)c1cc(F)ccc1C. The summed E-state index contributed by atoms with van der Waals surface area (Å²) in [5, 5.41) is 2.88. The summed E-state index contributed by atoms with van der Waals surface area (Å²) in [7, 11) is 0. The maximum Gasteiger partial charge on any atom is 0.407 e. The van der Waals surface area contributed by atoms with E-state index in [0.29, 0.717) is 0 Å². The minimum absolute atomic E-state index is 0.0122. The van der Waals surface area contributed by atoms with Crippen LogP contribution in [0.3, 0.4) is 0 Å². The Bertz CT molecular complexity index is 494. The Labute approximate surface area is 126 Å². The van der Waals surface area contributed by atoms with Crippen LogP contribution in [0.2, 0.25) is 0 Å². The molecule has 0 fully saturated rings. The average Bonchev–Trinajstić information content (AvgIpc) is 2.36. The van der Waals surface area contributed by atoms with E-state index in [4.69, 9.17) is 4.74 Å². The Morgan fingerprint density at radius 1 is 1.38 bits per heavy atom. The fraction of sp³-hybridized carbons (Fsp3) is 0.588. The van der Waals surface area contributed by atoms with Crippen molar-refractivity contribution >= 4 is 6.09 Å². The molecule has 1 aromatic rings. The highest BCUT2D eigenvalue weighted by Crippen LogP contribution is 2.25. The normalized spacial score (nSPS) is 14.4. The number of hydrogen-bond acceptors (Lipinski definition) is 2. The molecule has 0 aliphatic heterocycles. The van der Waals surface area contributed by atoms with Gasteiger partial charge in [0.05, 0.1) is 0 Å². The molecule has 1 N–H and O–H groups in total. The van der Waals surface area contributed by atoms with Gasteiger partial charge in [0.2, 0.25) is 0 Å². The van der Waals surface area contributed by atoms with Crippen LogP contribution in [0.15, 0.2) is 18.2 Å². The Morgan fingerprint density at radius 3 is 2.52 bits per heavy atom. The van der Waals surface area contributed by atoms with Crippen molar-refractivity contribution in [2.45, 2.75) is 65.5 Å². The van der Waals surface area contributed by atoms with E-state index in [1.54, 1.807) is 12.1 Å². The first kappa shape index (κ1) is 17.5. The van der Waals surface area contributed by atoms with E-state index in [1.165, 1.54) is 6.07 Å². The van der Waals surface area contributed by atoms with Gasteiger partial charge in [-0.2, -0.15) is 0 Å². The van der Waals surface area contributed by atoms with E-state index >= 15 is 0 Å². The number of carbonyl (C=O) groups is 1. The first-order valence-electron chi connectivity index (χ1n) is 7.39. The van der Waals surface area contributed by atoms with Crippen LogP contribution >= 0.6 is 0 Å². The number of nitrogens with one attached hydrogen (secondary N) is 1. The number of hydrogen-bond donors (Lipinski definition) is 1. The molecule has 4 heteroatoms. The number of alkyl carbamates (subject to hydrolysis) is 1. The van der Waals surface area contributed by atoms with Gasteiger partial charge in [-0.25, -0.2) is 9.18 Å². The van der Waals surface area contributed by atoms with Gasteiger partial charge in [0.25, 0.3) is 0 Å². The van der Waals surface area contributed by atoms with Crippen LogP contribution in [0.4, 0.5) is 9.18 Å². The fourth-order valence-electron chi connectivity index (χ4n) is 2.36. The second kappa shape index (κ2) is 6.92. The summed E-state index contributed by atoms with van der Waals surface area (Å²) in [4.78, 5) is 11.9. The summed E-state index contributed by atoms with van der Waals surface area (Å²) in [5.74, 6) is -0.243. The molecular weight excluding hydrogens is 269 g/mol. The quantitative estimate of drug-likeness (QED) is 0.885. The van der Waals surface area contributed by atoms with Crippen LogP contribution in [0, 0.1) is 12.7 Å². The molecule has 2 atom stereocenters. The molecule has 0 bridgehead atoms. The summed E-state index contributed by atoms with van der Waals surface area (Å²) >= 11 is 0. The molecular formula is C17H26FNO2. The average molecular weight is 295 g/mol. The molecule has 0 spiro atoms. The number of carbonyl (C=O) groups excluding carboxylic acids is 1. The molecule has 2 unspecified atom stereocenters. The summed E-state index contributed by atoms with van der Waals surface area (Å²) in [6.07, 6.45) is 0.311. The third kappa shape index (κ3) is 5.37. The first-order chi connectivity index (χ1) is 9.64. The minimum Gasteiger partial charge on any atom is -0.444 e. The van der Waals surface area contributed by atoms with Gasteiger partial charge in [-0.15, -0.1) is 0 Å². The largest absolute Gasteiger partial charge is 0.444 e. The second-order valence-corrected chi connectivity index (χ2v) is 6.45. The highest BCUT2D eigenvalue weighted by Gasteiger charge is 2.24. The van der Waals surface area contributed by atoms with Crippen molar-refractivity contribution in [1.82, 2.24) is 5.32 Å². The highest BCUT2D eigenvalue weighted by molar-refractivity contribution is 5.68. The van der Waals surface area contributed by atoms with Gasteiger partial charge in [-0.3, -0.25) is 0 Å². The van der Waals surface area contributed by atoms with Crippen molar-refractivity contribution in [2.75, 3.05) is 0 Å². The molecule has 118 valence electrons. The topological polar surface area (TPSA) is 38.3 Å². The van der Waals surface area contributed by atoms with Crippen molar-refractivity contribution < 1.29 is 13.9 Å². The molecule has 0 aliphatic carbocycles. The van der Waals surface area contributed by atoms with E-state index in [9.17, 15) is 9.18 Å². The number of halogens is 1. The number of ether oxygens (including phenoxy) is 1. The highest BCUT2D eigenvalue weighted by atomic mass is 19.1. The van der Waals surface area contributed by atoms with Crippen LogP contribution in [-0.4, -0.2) is 17.7 Å². The van der Waals surface area contributed by atoms with E-state index < -0.39 is 11.7 Å². The molecule has 1 aromatic carbocycles. The third-order valence-corrected chi connectivity index (χ3v) is 3.48. The third-order valence-electron chi connectivity index (χ3n) is 3.48. The lowest BCUT2D eigenvalue weighted by molar-refractivity contribution is 0.0496. The monoisotopic (exact) mass is 295 g/mol.